The molecule has 0 saturated carbocycles. The van der Waals surface area contributed by atoms with Gasteiger partial charge in [-0.1, -0.05) is 24.3 Å². The molecule has 2 aromatic rings. The zero-order chi connectivity index (χ0) is 13.8. The number of rotatable bonds is 4. The first-order valence-corrected chi connectivity index (χ1v) is 6.37. The maximum atomic E-state index is 5.96. The Morgan fingerprint density at radius 2 is 1.79 bits per heavy atom. The number of hydrogen-bond acceptors (Lipinski definition) is 3. The van der Waals surface area contributed by atoms with Gasteiger partial charge in [-0.15, -0.1) is 0 Å². The first-order chi connectivity index (χ1) is 9.08. The average molecular weight is 256 g/mol. The van der Waals surface area contributed by atoms with Crippen molar-refractivity contribution in [3.63, 3.8) is 0 Å². The topological polar surface area (TPSA) is 38.5 Å². The predicted molar refractivity (Wildman–Crippen MR) is 79.9 cm³/mol. The monoisotopic (exact) mass is 256 g/mol. The lowest BCUT2D eigenvalue weighted by Gasteiger charge is -2.16. The quantitative estimate of drug-likeness (QED) is 0.909. The van der Waals surface area contributed by atoms with E-state index in [1.54, 1.807) is 0 Å². The lowest BCUT2D eigenvalue weighted by Crippen LogP contribution is -2.08. The molecule has 0 aliphatic carbocycles. The van der Waals surface area contributed by atoms with Crippen molar-refractivity contribution in [2.75, 3.05) is 19.0 Å². The van der Waals surface area contributed by atoms with Gasteiger partial charge in [0.25, 0.3) is 0 Å². The molecule has 0 bridgehead atoms. The fourth-order valence-corrected chi connectivity index (χ4v) is 1.90. The molecule has 100 valence electrons. The van der Waals surface area contributed by atoms with Crippen LogP contribution in [0.1, 0.15) is 18.5 Å². The molecule has 3 nitrogen and oxygen atoms in total. The Hall–Kier alpha value is -2.00. The van der Waals surface area contributed by atoms with Crippen LogP contribution in [-0.2, 0) is 0 Å². The van der Waals surface area contributed by atoms with Crippen LogP contribution in [0.15, 0.2) is 48.5 Å². The van der Waals surface area contributed by atoms with Crippen LogP contribution in [0.25, 0.3) is 0 Å². The van der Waals surface area contributed by atoms with Gasteiger partial charge in [0.05, 0.1) is 0 Å². The molecular formula is C16H20N2O. The first kappa shape index (κ1) is 13.4. The number of anilines is 1. The van der Waals surface area contributed by atoms with E-state index in [0.29, 0.717) is 0 Å². The largest absolute Gasteiger partial charge is 0.457 e. The first-order valence-electron chi connectivity index (χ1n) is 6.37. The summed E-state index contributed by atoms with van der Waals surface area (Å²) in [5.41, 5.74) is 8.08. The van der Waals surface area contributed by atoms with E-state index >= 15 is 0 Å². The summed E-state index contributed by atoms with van der Waals surface area (Å²) in [6, 6.07) is 15.8. The minimum atomic E-state index is -0.0479. The molecule has 19 heavy (non-hydrogen) atoms. The van der Waals surface area contributed by atoms with E-state index < -0.39 is 0 Å². The van der Waals surface area contributed by atoms with Crippen molar-refractivity contribution in [2.24, 2.45) is 5.73 Å². The van der Waals surface area contributed by atoms with Crippen LogP contribution in [0.4, 0.5) is 5.69 Å². The molecule has 1 atom stereocenters. The molecule has 0 spiro atoms. The minimum Gasteiger partial charge on any atom is -0.457 e. The van der Waals surface area contributed by atoms with Crippen LogP contribution in [0.2, 0.25) is 0 Å². The highest BCUT2D eigenvalue weighted by molar-refractivity contribution is 5.51. The summed E-state index contributed by atoms with van der Waals surface area (Å²) in [4.78, 5) is 2.05. The summed E-state index contributed by atoms with van der Waals surface area (Å²) in [6.07, 6.45) is 0. The molecule has 0 aliphatic heterocycles. The van der Waals surface area contributed by atoms with Gasteiger partial charge in [-0.05, 0) is 25.1 Å². The number of para-hydroxylation sites is 1. The molecule has 2 aromatic carbocycles. The van der Waals surface area contributed by atoms with Crippen molar-refractivity contribution < 1.29 is 4.74 Å². The van der Waals surface area contributed by atoms with Crippen LogP contribution >= 0.6 is 0 Å². The Kier molecular flexibility index (Phi) is 4.07. The molecule has 0 aliphatic rings. The summed E-state index contributed by atoms with van der Waals surface area (Å²) < 4.78 is 5.95. The Bertz CT molecular complexity index is 550. The highest BCUT2D eigenvalue weighted by Crippen LogP contribution is 2.30. The third kappa shape index (κ3) is 3.26. The highest BCUT2D eigenvalue weighted by atomic mass is 16.5. The third-order valence-electron chi connectivity index (χ3n) is 2.97. The molecule has 0 aromatic heterocycles. The van der Waals surface area contributed by atoms with Crippen LogP contribution in [0.5, 0.6) is 11.5 Å². The van der Waals surface area contributed by atoms with E-state index in [1.165, 1.54) is 0 Å². The van der Waals surface area contributed by atoms with Crippen molar-refractivity contribution in [1.82, 2.24) is 0 Å². The summed E-state index contributed by atoms with van der Waals surface area (Å²) in [5.74, 6) is 1.63. The fourth-order valence-electron chi connectivity index (χ4n) is 1.90. The summed E-state index contributed by atoms with van der Waals surface area (Å²) in [6.45, 7) is 1.96. The Morgan fingerprint density at radius 1 is 1.05 bits per heavy atom. The van der Waals surface area contributed by atoms with Gasteiger partial charge >= 0.3 is 0 Å². The molecule has 0 fully saturated rings. The van der Waals surface area contributed by atoms with Crippen LogP contribution in [0.3, 0.4) is 0 Å². The Labute approximate surface area is 114 Å². The summed E-state index contributed by atoms with van der Waals surface area (Å²) in [7, 11) is 4.02. The van der Waals surface area contributed by atoms with Crippen molar-refractivity contribution in [3.05, 3.63) is 54.1 Å². The second-order valence-electron chi connectivity index (χ2n) is 4.82. The van der Waals surface area contributed by atoms with E-state index in [4.69, 9.17) is 10.5 Å². The van der Waals surface area contributed by atoms with Crippen LogP contribution in [-0.4, -0.2) is 14.1 Å². The second kappa shape index (κ2) is 5.76. The van der Waals surface area contributed by atoms with E-state index in [2.05, 4.69) is 0 Å². The SMILES string of the molecule is CC(N)c1ccccc1Oc1cccc(N(C)C)c1. The molecule has 0 radical (unpaired) electrons. The van der Waals surface area contributed by atoms with Gasteiger partial charge < -0.3 is 15.4 Å². The van der Waals surface area contributed by atoms with Gasteiger partial charge in [-0.2, -0.15) is 0 Å². The van der Waals surface area contributed by atoms with E-state index in [0.717, 1.165) is 22.7 Å². The average Bonchev–Trinajstić information content (AvgIpc) is 2.39. The Morgan fingerprint density at radius 3 is 2.47 bits per heavy atom. The number of nitrogens with zero attached hydrogens (tertiary/aromatic N) is 1. The van der Waals surface area contributed by atoms with E-state index in [1.807, 2.05) is 74.4 Å². The van der Waals surface area contributed by atoms with Crippen molar-refractivity contribution in [1.29, 1.82) is 0 Å². The van der Waals surface area contributed by atoms with Gasteiger partial charge in [-0.25, -0.2) is 0 Å². The highest BCUT2D eigenvalue weighted by Gasteiger charge is 2.08. The predicted octanol–water partition coefficient (Wildman–Crippen LogP) is 3.56. The molecular weight excluding hydrogens is 236 g/mol. The fraction of sp³-hybridized carbons (Fsp3) is 0.250. The van der Waals surface area contributed by atoms with Gasteiger partial charge in [-0.3, -0.25) is 0 Å². The molecule has 3 heteroatoms. The second-order valence-corrected chi connectivity index (χ2v) is 4.82. The lowest BCUT2D eigenvalue weighted by molar-refractivity contribution is 0.472. The van der Waals surface area contributed by atoms with Crippen LogP contribution in [0, 0.1) is 0 Å². The van der Waals surface area contributed by atoms with Crippen molar-refractivity contribution in [3.8, 4) is 11.5 Å². The standard InChI is InChI=1S/C16H20N2O/c1-12(17)15-9-4-5-10-16(15)19-14-8-6-7-13(11-14)18(2)3/h4-12H,17H2,1-3H3. The van der Waals surface area contributed by atoms with E-state index in [-0.39, 0.29) is 6.04 Å². The Balaban J connectivity index is 2.29. The molecule has 0 amide bonds. The van der Waals surface area contributed by atoms with Gasteiger partial charge in [0.1, 0.15) is 11.5 Å². The van der Waals surface area contributed by atoms with Crippen molar-refractivity contribution >= 4 is 5.69 Å². The van der Waals surface area contributed by atoms with Crippen LogP contribution < -0.4 is 15.4 Å². The minimum absolute atomic E-state index is 0.0479. The summed E-state index contributed by atoms with van der Waals surface area (Å²) in [5, 5.41) is 0. The molecule has 0 heterocycles. The number of ether oxygens (including phenoxy) is 1. The zero-order valence-corrected chi connectivity index (χ0v) is 11.6. The number of nitrogens with two attached hydrogens (primary N) is 1. The van der Waals surface area contributed by atoms with Crippen molar-refractivity contribution in [2.45, 2.75) is 13.0 Å². The number of benzene rings is 2. The zero-order valence-electron chi connectivity index (χ0n) is 11.6. The lowest BCUT2D eigenvalue weighted by atomic mass is 10.1. The van der Waals surface area contributed by atoms with Gasteiger partial charge in [0, 0.05) is 37.5 Å². The molecule has 2 rings (SSSR count). The third-order valence-corrected chi connectivity index (χ3v) is 2.97. The van der Waals surface area contributed by atoms with E-state index in [9.17, 15) is 0 Å². The maximum absolute atomic E-state index is 5.96. The smallest absolute Gasteiger partial charge is 0.132 e. The maximum Gasteiger partial charge on any atom is 0.132 e. The van der Waals surface area contributed by atoms with Gasteiger partial charge in [0.15, 0.2) is 0 Å². The number of hydrogen-bond donors (Lipinski definition) is 1. The summed E-state index contributed by atoms with van der Waals surface area (Å²) >= 11 is 0. The molecule has 0 saturated heterocycles. The normalized spacial score (nSPS) is 12.0. The molecule has 1 unspecified atom stereocenters. The molecule has 2 N–H and O–H groups in total. The van der Waals surface area contributed by atoms with Gasteiger partial charge in [0.2, 0.25) is 0 Å².